The van der Waals surface area contributed by atoms with Crippen LogP contribution in [0.2, 0.25) is 0 Å². The number of benzene rings is 1. The third kappa shape index (κ3) is 4.20. The number of carboxylic acids is 1. The number of fused-ring (bicyclic) bond motifs is 2. The first-order chi connectivity index (χ1) is 12.6. The molecule has 1 aliphatic carbocycles. The van der Waals surface area contributed by atoms with Crippen LogP contribution in [-0.2, 0) is 9.59 Å². The van der Waals surface area contributed by atoms with Crippen LogP contribution in [0.25, 0.3) is 0 Å². The number of carboxylic acid groups (broad SMARTS) is 1. The first-order valence-electron chi connectivity index (χ1n) is 7.17. The fourth-order valence-electron chi connectivity index (χ4n) is 2.18. The molecule has 1 heterocycles. The second-order valence-corrected chi connectivity index (χ2v) is 5.99. The third-order valence-electron chi connectivity index (χ3n) is 3.34. The Kier molecular flexibility index (Phi) is 5.76. The highest BCUT2D eigenvalue weighted by molar-refractivity contribution is 7.13. The van der Waals surface area contributed by atoms with Gasteiger partial charge < -0.3 is 16.2 Å². The summed E-state index contributed by atoms with van der Waals surface area (Å²) in [5.74, 6) is -3.59. The summed E-state index contributed by atoms with van der Waals surface area (Å²) in [6.45, 7) is -0.177. The quantitative estimate of drug-likeness (QED) is 0.604. The lowest BCUT2D eigenvalue weighted by Gasteiger charge is -2.15. The van der Waals surface area contributed by atoms with Crippen molar-refractivity contribution in [3.8, 4) is 0 Å². The minimum absolute atomic E-state index is 0.177. The van der Waals surface area contributed by atoms with Crippen LogP contribution >= 0.6 is 11.3 Å². The number of carbonyl (C=O) groups excluding carboxylic acids is 3. The Morgan fingerprint density at radius 3 is 2.11 bits per heavy atom. The van der Waals surface area contributed by atoms with Crippen molar-refractivity contribution in [3.05, 3.63) is 51.2 Å². The van der Waals surface area contributed by atoms with Crippen LogP contribution in [0.15, 0.2) is 29.6 Å². The van der Waals surface area contributed by atoms with E-state index >= 15 is 0 Å². The van der Waals surface area contributed by atoms with Crippen molar-refractivity contribution in [2.75, 3.05) is 11.9 Å². The van der Waals surface area contributed by atoms with E-state index in [4.69, 9.17) is 15.6 Å². The second-order valence-electron chi connectivity index (χ2n) is 5.11. The molecule has 1 aromatic carbocycles. The highest BCUT2D eigenvalue weighted by Crippen LogP contribution is 2.36. The Labute approximate surface area is 153 Å². The van der Waals surface area contributed by atoms with Crippen LogP contribution in [0.3, 0.4) is 0 Å². The average molecular weight is 400 g/mol. The van der Waals surface area contributed by atoms with E-state index in [0.717, 1.165) is 11.3 Å². The molecule has 0 fully saturated rings. The minimum Gasteiger partial charge on any atom is -0.475 e. The maximum absolute atomic E-state index is 12.5. The maximum Gasteiger partial charge on any atom is 0.490 e. The summed E-state index contributed by atoms with van der Waals surface area (Å²) in [5.41, 5.74) is 6.64. The number of hydrogen-bond acceptors (Lipinski definition) is 6. The highest BCUT2D eigenvalue weighted by Gasteiger charge is 2.38. The smallest absolute Gasteiger partial charge is 0.475 e. The van der Waals surface area contributed by atoms with E-state index in [1.54, 1.807) is 29.6 Å². The second kappa shape index (κ2) is 7.68. The summed E-state index contributed by atoms with van der Waals surface area (Å²) >= 11 is 1.15. The number of aliphatic carboxylic acids is 1. The fourth-order valence-corrected chi connectivity index (χ4v) is 3.13. The summed E-state index contributed by atoms with van der Waals surface area (Å²) in [4.78, 5) is 45.4. The lowest BCUT2D eigenvalue weighted by molar-refractivity contribution is -0.192. The number of halogens is 3. The molecule has 1 aromatic heterocycles. The number of thiophene rings is 1. The normalized spacial score (nSPS) is 12.4. The molecule has 0 spiro atoms. The molecular weight excluding hydrogens is 389 g/mol. The summed E-state index contributed by atoms with van der Waals surface area (Å²) in [6.07, 6.45) is -5.08. The van der Waals surface area contributed by atoms with Crippen LogP contribution < -0.4 is 11.1 Å². The van der Waals surface area contributed by atoms with Crippen molar-refractivity contribution in [2.45, 2.75) is 6.18 Å². The third-order valence-corrected chi connectivity index (χ3v) is 4.32. The number of alkyl halides is 3. The van der Waals surface area contributed by atoms with Crippen molar-refractivity contribution >= 4 is 40.5 Å². The molecule has 0 radical (unpaired) electrons. The largest absolute Gasteiger partial charge is 0.490 e. The summed E-state index contributed by atoms with van der Waals surface area (Å²) in [6, 6.07) is 6.68. The number of amides is 1. The molecule has 0 atom stereocenters. The predicted molar refractivity (Wildman–Crippen MR) is 89.0 cm³/mol. The maximum atomic E-state index is 12.5. The molecule has 11 heteroatoms. The molecule has 142 valence electrons. The Morgan fingerprint density at radius 2 is 1.63 bits per heavy atom. The molecule has 0 aliphatic heterocycles. The predicted octanol–water partition coefficient (Wildman–Crippen LogP) is 2.05. The summed E-state index contributed by atoms with van der Waals surface area (Å²) in [7, 11) is 0. The number of rotatable bonds is 2. The van der Waals surface area contributed by atoms with E-state index in [2.05, 4.69) is 5.32 Å². The van der Waals surface area contributed by atoms with Crippen LogP contribution in [0.4, 0.5) is 18.9 Å². The summed E-state index contributed by atoms with van der Waals surface area (Å²) in [5, 5.41) is 11.3. The lowest BCUT2D eigenvalue weighted by atomic mass is 9.88. The Balaban J connectivity index is 0.000000321. The molecule has 3 rings (SSSR count). The van der Waals surface area contributed by atoms with Gasteiger partial charge in [-0.05, 0) is 0 Å². The summed E-state index contributed by atoms with van der Waals surface area (Å²) < 4.78 is 31.7. The van der Waals surface area contributed by atoms with Crippen LogP contribution in [0, 0.1) is 0 Å². The van der Waals surface area contributed by atoms with Gasteiger partial charge in [0, 0.05) is 16.5 Å². The van der Waals surface area contributed by atoms with Gasteiger partial charge in [-0.15, -0.1) is 11.3 Å². The fraction of sp³-hybridized carbons (Fsp3) is 0.125. The van der Waals surface area contributed by atoms with E-state index < -0.39 is 18.1 Å². The van der Waals surface area contributed by atoms with Gasteiger partial charge in [-0.2, -0.15) is 13.2 Å². The number of ketones is 2. The molecule has 1 aliphatic rings. The monoisotopic (exact) mass is 400 g/mol. The van der Waals surface area contributed by atoms with Gasteiger partial charge in [0.05, 0.1) is 22.7 Å². The first-order valence-corrected chi connectivity index (χ1v) is 8.05. The first kappa shape index (κ1) is 20.3. The van der Waals surface area contributed by atoms with Crippen LogP contribution in [0.1, 0.15) is 31.2 Å². The molecule has 27 heavy (non-hydrogen) atoms. The van der Waals surface area contributed by atoms with Gasteiger partial charge in [-0.25, -0.2) is 4.79 Å². The highest BCUT2D eigenvalue weighted by atomic mass is 32.1. The zero-order chi connectivity index (χ0) is 20.4. The van der Waals surface area contributed by atoms with Crippen molar-refractivity contribution in [1.29, 1.82) is 0 Å². The van der Waals surface area contributed by atoms with Crippen molar-refractivity contribution in [3.63, 3.8) is 0 Å². The topological polar surface area (TPSA) is 127 Å². The molecule has 7 nitrogen and oxygen atoms in total. The van der Waals surface area contributed by atoms with Crippen molar-refractivity contribution < 1.29 is 37.5 Å². The Bertz CT molecular complexity index is 936. The molecule has 0 saturated carbocycles. The Morgan fingerprint density at radius 1 is 1.11 bits per heavy atom. The SMILES string of the molecule is NCC(=O)Nc1csc2c1C(=O)c1ccccc1C2=O.O=C(O)C(F)(F)F. The standard InChI is InChI=1S/C14H10N2O3S.C2HF3O2/c15-5-10(17)16-9-6-20-14-11(9)12(18)7-3-1-2-4-8(7)13(14)19;3-2(4,5)1(6)7/h1-4,6H,5,15H2,(H,16,17);(H,6,7). The van der Waals surface area contributed by atoms with E-state index in [-0.39, 0.29) is 23.7 Å². The van der Waals surface area contributed by atoms with E-state index in [9.17, 15) is 27.6 Å². The molecule has 2 aromatic rings. The van der Waals surface area contributed by atoms with E-state index in [1.807, 2.05) is 0 Å². The average Bonchev–Trinajstić information content (AvgIpc) is 3.03. The molecule has 0 unspecified atom stereocenters. The molecule has 0 saturated heterocycles. The van der Waals surface area contributed by atoms with Gasteiger partial charge in [0.2, 0.25) is 11.7 Å². The molecule has 0 bridgehead atoms. The van der Waals surface area contributed by atoms with Crippen molar-refractivity contribution in [1.82, 2.24) is 0 Å². The van der Waals surface area contributed by atoms with E-state index in [1.165, 1.54) is 0 Å². The van der Waals surface area contributed by atoms with Gasteiger partial charge in [-0.1, -0.05) is 24.3 Å². The van der Waals surface area contributed by atoms with Gasteiger partial charge in [-0.3, -0.25) is 14.4 Å². The molecule has 1 amide bonds. The Hall–Kier alpha value is -3.05. The zero-order valence-corrected chi connectivity index (χ0v) is 14.1. The van der Waals surface area contributed by atoms with Gasteiger partial charge in [0.25, 0.3) is 0 Å². The van der Waals surface area contributed by atoms with E-state index in [0.29, 0.717) is 21.7 Å². The molecule has 4 N–H and O–H groups in total. The number of hydrogen-bond donors (Lipinski definition) is 3. The number of carbonyl (C=O) groups is 4. The van der Waals surface area contributed by atoms with Gasteiger partial charge >= 0.3 is 12.1 Å². The van der Waals surface area contributed by atoms with Gasteiger partial charge in [0.1, 0.15) is 0 Å². The van der Waals surface area contributed by atoms with Crippen molar-refractivity contribution in [2.24, 2.45) is 5.73 Å². The minimum atomic E-state index is -5.08. The van der Waals surface area contributed by atoms with Gasteiger partial charge in [0.15, 0.2) is 5.78 Å². The lowest BCUT2D eigenvalue weighted by Crippen LogP contribution is -2.24. The number of nitrogens with one attached hydrogen (secondary N) is 1. The molecular formula is C16H11F3N2O5S. The zero-order valence-electron chi connectivity index (χ0n) is 13.3. The number of anilines is 1. The number of nitrogens with two attached hydrogens (primary N) is 1. The van der Waals surface area contributed by atoms with Crippen LogP contribution in [0.5, 0.6) is 0 Å². The van der Waals surface area contributed by atoms with Crippen LogP contribution in [-0.4, -0.2) is 41.3 Å².